The van der Waals surface area contributed by atoms with Crippen LogP contribution in [0.5, 0.6) is 0 Å². The van der Waals surface area contributed by atoms with Crippen molar-refractivity contribution in [2.45, 2.75) is 45.1 Å². The fourth-order valence-electron chi connectivity index (χ4n) is 4.34. The first-order valence-electron chi connectivity index (χ1n) is 11.7. The highest BCUT2D eigenvalue weighted by atomic mass is 19.3. The highest BCUT2D eigenvalue weighted by Crippen LogP contribution is 2.33. The minimum absolute atomic E-state index is 0.0701. The van der Waals surface area contributed by atoms with Crippen LogP contribution in [0.1, 0.15) is 43.2 Å². The Morgan fingerprint density at radius 3 is 2.47 bits per heavy atom. The van der Waals surface area contributed by atoms with Gasteiger partial charge < -0.3 is 15.0 Å². The SMILES string of the molecule is C1CCOC1.Cc1ccc2c(N3CCC(NC=O)CC3)nc(-c3ccccc3C(F)F)nc2c1. The van der Waals surface area contributed by atoms with Crippen molar-refractivity contribution >= 4 is 23.1 Å². The van der Waals surface area contributed by atoms with E-state index in [2.05, 4.69) is 15.2 Å². The predicted molar refractivity (Wildman–Crippen MR) is 129 cm³/mol. The number of benzene rings is 2. The summed E-state index contributed by atoms with van der Waals surface area (Å²) in [5.41, 5.74) is 2.07. The highest BCUT2D eigenvalue weighted by Gasteiger charge is 2.23. The maximum Gasteiger partial charge on any atom is 0.264 e. The second kappa shape index (κ2) is 11.3. The van der Waals surface area contributed by atoms with E-state index in [9.17, 15) is 13.6 Å². The van der Waals surface area contributed by atoms with Crippen molar-refractivity contribution in [3.8, 4) is 11.4 Å². The lowest BCUT2D eigenvalue weighted by Gasteiger charge is -2.33. The van der Waals surface area contributed by atoms with Crippen LogP contribution >= 0.6 is 0 Å². The maximum atomic E-state index is 13.6. The lowest BCUT2D eigenvalue weighted by atomic mass is 10.0. The first-order valence-corrected chi connectivity index (χ1v) is 11.7. The van der Waals surface area contributed by atoms with Crippen LogP contribution in [-0.4, -0.2) is 48.7 Å². The number of fused-ring (bicyclic) bond motifs is 1. The Hall–Kier alpha value is -3.13. The van der Waals surface area contributed by atoms with Gasteiger partial charge in [0.2, 0.25) is 6.41 Å². The number of halogens is 2. The molecule has 6 nitrogen and oxygen atoms in total. The van der Waals surface area contributed by atoms with E-state index in [-0.39, 0.29) is 11.6 Å². The molecule has 0 bridgehead atoms. The van der Waals surface area contributed by atoms with E-state index in [4.69, 9.17) is 9.72 Å². The van der Waals surface area contributed by atoms with Crippen LogP contribution in [0.15, 0.2) is 42.5 Å². The zero-order valence-corrected chi connectivity index (χ0v) is 19.3. The molecular formula is C26H30F2N4O2. The summed E-state index contributed by atoms with van der Waals surface area (Å²) in [4.78, 5) is 22.2. The van der Waals surface area contributed by atoms with Gasteiger partial charge in [-0.25, -0.2) is 18.7 Å². The van der Waals surface area contributed by atoms with Crippen molar-refractivity contribution in [3.63, 3.8) is 0 Å². The fraction of sp³-hybridized carbons (Fsp3) is 0.423. The Balaban J connectivity index is 0.000000486. The number of nitrogens with zero attached hydrogens (tertiary/aromatic N) is 3. The van der Waals surface area contributed by atoms with Crippen molar-refractivity contribution < 1.29 is 18.3 Å². The molecule has 5 rings (SSSR count). The number of piperidine rings is 1. The number of carbonyl (C=O) groups is 1. The standard InChI is InChI=1S/C22H22F2N4O.C4H8O/c1-14-6-7-18-19(12-14)26-21(17-5-3-2-4-16(17)20(23)24)27-22(18)28-10-8-15(9-11-28)25-13-29;1-2-4-5-3-1/h2-7,12-13,15,20H,8-11H2,1H3,(H,25,29);1-4H2. The molecule has 0 unspecified atom stereocenters. The quantitative estimate of drug-likeness (QED) is 0.531. The minimum atomic E-state index is -2.60. The molecule has 3 aromatic rings. The number of ether oxygens (including phenoxy) is 1. The molecule has 2 aliphatic rings. The lowest BCUT2D eigenvalue weighted by molar-refractivity contribution is -0.110. The zero-order chi connectivity index (χ0) is 23.9. The normalized spacial score (nSPS) is 16.4. The number of anilines is 1. The third-order valence-electron chi connectivity index (χ3n) is 6.19. The number of rotatable bonds is 5. The Morgan fingerprint density at radius 2 is 1.82 bits per heavy atom. The molecule has 0 atom stereocenters. The molecule has 2 saturated heterocycles. The van der Waals surface area contributed by atoms with E-state index in [1.165, 1.54) is 18.9 Å². The summed E-state index contributed by atoms with van der Waals surface area (Å²) in [6, 6.07) is 12.5. The monoisotopic (exact) mass is 468 g/mol. The summed E-state index contributed by atoms with van der Waals surface area (Å²) in [7, 11) is 0. The van der Waals surface area contributed by atoms with Gasteiger partial charge in [0, 0.05) is 48.9 Å². The molecule has 0 spiro atoms. The molecule has 180 valence electrons. The average Bonchev–Trinajstić information content (AvgIpc) is 3.44. The summed E-state index contributed by atoms with van der Waals surface area (Å²) in [5, 5.41) is 3.73. The number of aryl methyl sites for hydroxylation is 1. The van der Waals surface area contributed by atoms with Crippen molar-refractivity contribution in [2.75, 3.05) is 31.2 Å². The molecule has 2 aromatic carbocycles. The molecule has 1 amide bonds. The highest BCUT2D eigenvalue weighted by molar-refractivity contribution is 5.91. The van der Waals surface area contributed by atoms with Crippen molar-refractivity contribution in [3.05, 3.63) is 53.6 Å². The number of nitrogens with one attached hydrogen (secondary N) is 1. The molecular weight excluding hydrogens is 438 g/mol. The van der Waals surface area contributed by atoms with Crippen LogP contribution in [0.2, 0.25) is 0 Å². The van der Waals surface area contributed by atoms with Gasteiger partial charge >= 0.3 is 0 Å². The van der Waals surface area contributed by atoms with Crippen LogP contribution < -0.4 is 10.2 Å². The number of alkyl halides is 2. The molecule has 0 saturated carbocycles. The number of amides is 1. The largest absolute Gasteiger partial charge is 0.381 e. The van der Waals surface area contributed by atoms with E-state index in [1.807, 2.05) is 25.1 Å². The second-order valence-electron chi connectivity index (χ2n) is 8.64. The fourth-order valence-corrected chi connectivity index (χ4v) is 4.34. The molecule has 0 aliphatic carbocycles. The van der Waals surface area contributed by atoms with Gasteiger partial charge in [-0.15, -0.1) is 0 Å². The van der Waals surface area contributed by atoms with E-state index in [0.717, 1.165) is 67.8 Å². The van der Waals surface area contributed by atoms with E-state index < -0.39 is 6.43 Å². The van der Waals surface area contributed by atoms with E-state index in [1.54, 1.807) is 18.2 Å². The van der Waals surface area contributed by atoms with Crippen molar-refractivity contribution in [2.24, 2.45) is 0 Å². The Bertz CT molecular complexity index is 1110. The van der Waals surface area contributed by atoms with Gasteiger partial charge in [-0.1, -0.05) is 30.3 Å². The topological polar surface area (TPSA) is 67.3 Å². The first-order chi connectivity index (χ1) is 16.6. The Morgan fingerprint density at radius 1 is 1.09 bits per heavy atom. The minimum Gasteiger partial charge on any atom is -0.381 e. The number of carbonyl (C=O) groups excluding carboxylic acids is 1. The lowest BCUT2D eigenvalue weighted by Crippen LogP contribution is -2.42. The molecule has 34 heavy (non-hydrogen) atoms. The molecule has 2 aliphatic heterocycles. The van der Waals surface area contributed by atoms with Crippen molar-refractivity contribution in [1.82, 2.24) is 15.3 Å². The maximum absolute atomic E-state index is 13.6. The van der Waals surface area contributed by atoms with Crippen LogP contribution in [0, 0.1) is 6.92 Å². The Kier molecular flexibility index (Phi) is 8.00. The first kappa shape index (κ1) is 24.0. The summed E-state index contributed by atoms with van der Waals surface area (Å²) in [6.07, 6.45) is 2.30. The van der Waals surface area contributed by atoms with E-state index in [0.29, 0.717) is 11.4 Å². The number of hydrogen-bond donors (Lipinski definition) is 1. The molecule has 0 radical (unpaired) electrons. The van der Waals surface area contributed by atoms with Crippen LogP contribution in [0.3, 0.4) is 0 Å². The van der Waals surface area contributed by atoms with Gasteiger partial charge in [0.15, 0.2) is 5.82 Å². The number of hydrogen-bond acceptors (Lipinski definition) is 5. The molecule has 3 heterocycles. The summed E-state index contributed by atoms with van der Waals surface area (Å²) in [5.74, 6) is 1.06. The van der Waals surface area contributed by atoms with Crippen LogP contribution in [-0.2, 0) is 9.53 Å². The van der Waals surface area contributed by atoms with Crippen molar-refractivity contribution in [1.29, 1.82) is 0 Å². The van der Waals surface area contributed by atoms with Gasteiger partial charge in [0.05, 0.1) is 5.52 Å². The molecule has 1 N–H and O–H groups in total. The predicted octanol–water partition coefficient (Wildman–Crippen LogP) is 5.05. The third-order valence-corrected chi connectivity index (χ3v) is 6.19. The van der Waals surface area contributed by atoms with Gasteiger partial charge in [-0.3, -0.25) is 4.79 Å². The van der Waals surface area contributed by atoms with Gasteiger partial charge in [0.1, 0.15) is 5.82 Å². The summed E-state index contributed by atoms with van der Waals surface area (Å²) < 4.78 is 32.1. The summed E-state index contributed by atoms with van der Waals surface area (Å²) in [6.45, 7) is 5.42. The van der Waals surface area contributed by atoms with Gasteiger partial charge in [0.25, 0.3) is 6.43 Å². The molecule has 2 fully saturated rings. The smallest absolute Gasteiger partial charge is 0.264 e. The summed E-state index contributed by atoms with van der Waals surface area (Å²) >= 11 is 0. The van der Waals surface area contributed by atoms with Gasteiger partial charge in [-0.2, -0.15) is 0 Å². The molecule has 8 heteroatoms. The second-order valence-corrected chi connectivity index (χ2v) is 8.64. The Labute approximate surface area is 198 Å². The number of aromatic nitrogens is 2. The van der Waals surface area contributed by atoms with Crippen LogP contribution in [0.4, 0.5) is 14.6 Å². The average molecular weight is 469 g/mol. The van der Waals surface area contributed by atoms with E-state index >= 15 is 0 Å². The van der Waals surface area contributed by atoms with Crippen LogP contribution in [0.25, 0.3) is 22.3 Å². The molecule has 1 aromatic heterocycles. The van der Waals surface area contributed by atoms with Gasteiger partial charge in [-0.05, 0) is 50.3 Å². The zero-order valence-electron chi connectivity index (χ0n) is 19.3. The third kappa shape index (κ3) is 5.67.